The number of amides is 1. The average molecular weight is 403 g/mol. The fraction of sp³-hybridized carbons (Fsp3) is 0.391. The van der Waals surface area contributed by atoms with Crippen LogP contribution in [-0.4, -0.2) is 29.7 Å². The summed E-state index contributed by atoms with van der Waals surface area (Å²) in [6.45, 7) is 6.53. The van der Waals surface area contributed by atoms with E-state index in [0.717, 1.165) is 18.1 Å². The fourth-order valence-corrected chi connectivity index (χ4v) is 3.17. The summed E-state index contributed by atoms with van der Waals surface area (Å²) in [6, 6.07) is 10.7. The first-order valence-corrected chi connectivity index (χ1v) is 9.91. The molecule has 157 valence electrons. The Morgan fingerprint density at radius 1 is 1.10 bits per heavy atom. The maximum atomic E-state index is 13.5. The van der Waals surface area contributed by atoms with Crippen LogP contribution in [0.5, 0.6) is 0 Å². The summed E-state index contributed by atoms with van der Waals surface area (Å²) in [5.41, 5.74) is 2.70. The molecule has 0 heterocycles. The molecule has 6 heteroatoms. The standard InChI is InChI=1S/C23H29F2N2O2/c1-3-6-23(29)27-21(12-18-10-19(24)13-20(25)11-18)22(28)15-26-14-17-8-5-7-16(4-2)9-17/h5,7-11,13,21-22,26,28H,1,3-4,6,12,14-15H2,2H3,(H,27,29)/t21-,22+/m0/s1. The molecule has 3 N–H and O–H groups in total. The molecule has 0 saturated carbocycles. The van der Waals surface area contributed by atoms with Crippen molar-refractivity contribution in [2.24, 2.45) is 0 Å². The van der Waals surface area contributed by atoms with Crippen LogP contribution >= 0.6 is 0 Å². The minimum atomic E-state index is -0.926. The van der Waals surface area contributed by atoms with Crippen molar-refractivity contribution in [2.75, 3.05) is 6.54 Å². The summed E-state index contributed by atoms with van der Waals surface area (Å²) in [5.74, 6) is -1.63. The lowest BCUT2D eigenvalue weighted by Gasteiger charge is -2.25. The lowest BCUT2D eigenvalue weighted by atomic mass is 10.00. The molecule has 0 unspecified atom stereocenters. The van der Waals surface area contributed by atoms with Gasteiger partial charge in [0.15, 0.2) is 0 Å². The number of hydrogen-bond donors (Lipinski definition) is 3. The number of aryl methyl sites for hydroxylation is 1. The van der Waals surface area contributed by atoms with E-state index < -0.39 is 23.8 Å². The molecular weight excluding hydrogens is 374 g/mol. The Morgan fingerprint density at radius 3 is 2.45 bits per heavy atom. The molecule has 0 bridgehead atoms. The first-order chi connectivity index (χ1) is 13.9. The van der Waals surface area contributed by atoms with Gasteiger partial charge in [-0.3, -0.25) is 4.79 Å². The van der Waals surface area contributed by atoms with Gasteiger partial charge in [0.2, 0.25) is 5.91 Å². The smallest absolute Gasteiger partial charge is 0.220 e. The van der Waals surface area contributed by atoms with E-state index in [0.29, 0.717) is 18.5 Å². The Labute approximate surface area is 171 Å². The molecule has 0 saturated heterocycles. The van der Waals surface area contributed by atoms with Gasteiger partial charge >= 0.3 is 0 Å². The number of aliphatic hydroxyl groups is 1. The fourth-order valence-electron chi connectivity index (χ4n) is 3.17. The number of carbonyl (C=O) groups excluding carboxylic acids is 1. The van der Waals surface area contributed by atoms with Crippen LogP contribution in [0.2, 0.25) is 0 Å². The summed E-state index contributed by atoms with van der Waals surface area (Å²) < 4.78 is 27.0. The van der Waals surface area contributed by atoms with Crippen LogP contribution in [0.1, 0.15) is 36.5 Å². The number of benzene rings is 2. The molecule has 0 aliphatic rings. The van der Waals surface area contributed by atoms with Crippen LogP contribution in [0, 0.1) is 18.6 Å². The van der Waals surface area contributed by atoms with Gasteiger partial charge in [0.05, 0.1) is 12.1 Å². The Hall–Kier alpha value is -2.31. The van der Waals surface area contributed by atoms with E-state index in [9.17, 15) is 18.7 Å². The van der Waals surface area contributed by atoms with Crippen molar-refractivity contribution >= 4 is 5.91 Å². The minimum absolute atomic E-state index is 0.117. The topological polar surface area (TPSA) is 61.4 Å². The van der Waals surface area contributed by atoms with Crippen LogP contribution in [0.25, 0.3) is 0 Å². The van der Waals surface area contributed by atoms with Crippen LogP contribution in [0.15, 0.2) is 42.5 Å². The summed E-state index contributed by atoms with van der Waals surface area (Å²) >= 11 is 0. The third-order valence-electron chi connectivity index (χ3n) is 4.67. The first-order valence-electron chi connectivity index (χ1n) is 9.91. The molecule has 2 aromatic carbocycles. The quantitative estimate of drug-likeness (QED) is 0.539. The molecule has 0 aromatic heterocycles. The number of rotatable bonds is 11. The van der Waals surface area contributed by atoms with Crippen LogP contribution in [0.4, 0.5) is 8.78 Å². The van der Waals surface area contributed by atoms with Gasteiger partial charge in [0.1, 0.15) is 11.6 Å². The predicted octanol–water partition coefficient (Wildman–Crippen LogP) is 3.32. The number of carbonyl (C=O) groups is 1. The van der Waals surface area contributed by atoms with E-state index in [2.05, 4.69) is 36.6 Å². The molecule has 2 aromatic rings. The minimum Gasteiger partial charge on any atom is -0.390 e. The number of nitrogens with one attached hydrogen (secondary N) is 2. The monoisotopic (exact) mass is 403 g/mol. The third-order valence-corrected chi connectivity index (χ3v) is 4.67. The number of halogens is 2. The van der Waals surface area contributed by atoms with E-state index in [1.807, 2.05) is 12.1 Å². The number of aliphatic hydroxyl groups excluding tert-OH is 1. The molecule has 0 aliphatic heterocycles. The van der Waals surface area contributed by atoms with E-state index in [1.54, 1.807) is 0 Å². The van der Waals surface area contributed by atoms with Crippen molar-refractivity contribution < 1.29 is 18.7 Å². The Bertz CT molecular complexity index is 778. The van der Waals surface area contributed by atoms with Gasteiger partial charge in [0.25, 0.3) is 0 Å². The molecule has 0 aliphatic carbocycles. The van der Waals surface area contributed by atoms with E-state index in [4.69, 9.17) is 0 Å². The van der Waals surface area contributed by atoms with E-state index in [1.165, 1.54) is 17.7 Å². The largest absolute Gasteiger partial charge is 0.390 e. The highest BCUT2D eigenvalue weighted by Gasteiger charge is 2.22. The SMILES string of the molecule is [CH2]CCC(=O)N[C@@H](Cc1cc(F)cc(F)c1)[C@H](O)CNCc1cccc(CC)c1. The molecule has 0 spiro atoms. The van der Waals surface area contributed by atoms with Crippen molar-refractivity contribution in [3.63, 3.8) is 0 Å². The Morgan fingerprint density at radius 2 is 1.79 bits per heavy atom. The zero-order chi connectivity index (χ0) is 21.2. The molecule has 0 fully saturated rings. The van der Waals surface area contributed by atoms with Crippen molar-refractivity contribution in [1.29, 1.82) is 0 Å². The number of hydrogen-bond acceptors (Lipinski definition) is 3. The lowest BCUT2D eigenvalue weighted by Crippen LogP contribution is -2.48. The maximum Gasteiger partial charge on any atom is 0.220 e. The zero-order valence-electron chi connectivity index (χ0n) is 16.8. The maximum absolute atomic E-state index is 13.5. The first kappa shape index (κ1) is 23.0. The Balaban J connectivity index is 2.00. The molecule has 29 heavy (non-hydrogen) atoms. The average Bonchev–Trinajstić information content (AvgIpc) is 2.67. The third kappa shape index (κ3) is 7.91. The van der Waals surface area contributed by atoms with Crippen molar-refractivity contribution in [3.05, 3.63) is 77.7 Å². The van der Waals surface area contributed by atoms with Gasteiger partial charge in [-0.2, -0.15) is 0 Å². The summed E-state index contributed by atoms with van der Waals surface area (Å²) in [6.07, 6.45) is 0.782. The van der Waals surface area contributed by atoms with Crippen molar-refractivity contribution in [1.82, 2.24) is 10.6 Å². The zero-order valence-corrected chi connectivity index (χ0v) is 16.8. The van der Waals surface area contributed by atoms with E-state index in [-0.39, 0.29) is 25.3 Å². The second-order valence-corrected chi connectivity index (χ2v) is 7.13. The second kappa shape index (κ2) is 11.6. The molecule has 2 rings (SSSR count). The van der Waals surface area contributed by atoms with Crippen molar-refractivity contribution in [2.45, 2.75) is 51.3 Å². The van der Waals surface area contributed by atoms with Gasteiger partial charge in [-0.1, -0.05) is 38.1 Å². The van der Waals surface area contributed by atoms with Gasteiger partial charge in [0, 0.05) is 25.6 Å². The van der Waals surface area contributed by atoms with Gasteiger partial charge in [-0.05, 0) is 48.1 Å². The highest BCUT2D eigenvalue weighted by molar-refractivity contribution is 5.76. The molecule has 4 nitrogen and oxygen atoms in total. The molecule has 1 amide bonds. The Kier molecular flexibility index (Phi) is 9.22. The summed E-state index contributed by atoms with van der Waals surface area (Å²) in [5, 5.41) is 16.6. The van der Waals surface area contributed by atoms with Gasteiger partial charge in [-0.25, -0.2) is 8.78 Å². The molecule has 1 radical (unpaired) electrons. The van der Waals surface area contributed by atoms with Gasteiger partial charge in [-0.15, -0.1) is 0 Å². The molecular formula is C23H29F2N2O2. The predicted molar refractivity (Wildman–Crippen MR) is 110 cm³/mol. The normalized spacial score (nSPS) is 13.1. The molecule has 2 atom stereocenters. The van der Waals surface area contributed by atoms with Gasteiger partial charge < -0.3 is 15.7 Å². The van der Waals surface area contributed by atoms with Crippen molar-refractivity contribution in [3.8, 4) is 0 Å². The second-order valence-electron chi connectivity index (χ2n) is 7.13. The lowest BCUT2D eigenvalue weighted by molar-refractivity contribution is -0.122. The highest BCUT2D eigenvalue weighted by atomic mass is 19.1. The van der Waals surface area contributed by atoms with Crippen LogP contribution in [-0.2, 0) is 24.2 Å². The van der Waals surface area contributed by atoms with Crippen LogP contribution in [0.3, 0.4) is 0 Å². The summed E-state index contributed by atoms with van der Waals surface area (Å²) in [4.78, 5) is 12.0. The highest BCUT2D eigenvalue weighted by Crippen LogP contribution is 2.12. The van der Waals surface area contributed by atoms with Crippen LogP contribution < -0.4 is 10.6 Å². The summed E-state index contributed by atoms with van der Waals surface area (Å²) in [7, 11) is 0. The van der Waals surface area contributed by atoms with E-state index >= 15 is 0 Å².